The minimum Gasteiger partial charge on any atom is -0.279 e. The zero-order chi connectivity index (χ0) is 14.9. The summed E-state index contributed by atoms with van der Waals surface area (Å²) in [4.78, 5) is 0.0379. The van der Waals surface area contributed by atoms with Crippen LogP contribution in [0.3, 0.4) is 0 Å². The van der Waals surface area contributed by atoms with Crippen LogP contribution >= 0.6 is 23.2 Å². The first-order valence-electron chi connectivity index (χ1n) is 5.85. The van der Waals surface area contributed by atoms with Gasteiger partial charge in [-0.1, -0.05) is 35.3 Å². The Morgan fingerprint density at radius 1 is 1.00 bits per heavy atom. The van der Waals surface area contributed by atoms with Crippen molar-refractivity contribution in [1.29, 1.82) is 0 Å². The Bertz CT molecular complexity index is 738. The number of rotatable bonds is 3. The first kappa shape index (κ1) is 15.2. The van der Waals surface area contributed by atoms with E-state index < -0.39 is 10.0 Å². The quantitative estimate of drug-likeness (QED) is 0.906. The van der Waals surface area contributed by atoms with Crippen LogP contribution in [-0.2, 0) is 10.0 Å². The summed E-state index contributed by atoms with van der Waals surface area (Å²) in [5.41, 5.74) is 2.43. The lowest BCUT2D eigenvalue weighted by atomic mass is 10.1. The second-order valence-electron chi connectivity index (χ2n) is 4.46. The molecule has 0 amide bonds. The fraction of sp³-hybridized carbons (Fsp3) is 0.143. The van der Waals surface area contributed by atoms with Crippen LogP contribution in [0, 0.1) is 13.8 Å². The Kier molecular flexibility index (Phi) is 4.28. The maximum absolute atomic E-state index is 12.3. The average molecular weight is 330 g/mol. The highest BCUT2D eigenvalue weighted by atomic mass is 35.5. The summed E-state index contributed by atoms with van der Waals surface area (Å²) >= 11 is 11.7. The number of hydrogen-bond acceptors (Lipinski definition) is 2. The van der Waals surface area contributed by atoms with Gasteiger partial charge in [-0.3, -0.25) is 4.72 Å². The molecular formula is C14H13Cl2NO2S. The SMILES string of the molecule is Cc1cccc(NS(=O)(=O)c2cc(Cl)cc(Cl)c2)c1C. The Hall–Kier alpha value is -1.23. The van der Waals surface area contributed by atoms with Crippen molar-refractivity contribution in [2.24, 2.45) is 0 Å². The van der Waals surface area contributed by atoms with Crippen LogP contribution in [0.4, 0.5) is 5.69 Å². The van der Waals surface area contributed by atoms with Crippen LogP contribution in [0.25, 0.3) is 0 Å². The molecule has 106 valence electrons. The molecule has 0 unspecified atom stereocenters. The molecule has 0 heterocycles. The molecule has 0 aliphatic heterocycles. The van der Waals surface area contributed by atoms with E-state index in [1.165, 1.54) is 18.2 Å². The van der Waals surface area contributed by atoms with E-state index in [0.29, 0.717) is 5.69 Å². The second-order valence-corrected chi connectivity index (χ2v) is 7.01. The normalized spacial score (nSPS) is 11.4. The van der Waals surface area contributed by atoms with Crippen LogP contribution in [-0.4, -0.2) is 8.42 Å². The topological polar surface area (TPSA) is 46.2 Å². The van der Waals surface area contributed by atoms with E-state index >= 15 is 0 Å². The molecule has 0 saturated heterocycles. The van der Waals surface area contributed by atoms with Crippen LogP contribution in [0.1, 0.15) is 11.1 Å². The molecule has 0 saturated carbocycles. The van der Waals surface area contributed by atoms with Crippen molar-refractivity contribution in [2.45, 2.75) is 18.7 Å². The standard InChI is InChI=1S/C14H13Cl2NO2S/c1-9-4-3-5-14(10(9)2)17-20(18,19)13-7-11(15)6-12(16)8-13/h3-8,17H,1-2H3. The summed E-state index contributed by atoms with van der Waals surface area (Å²) in [5.74, 6) is 0. The summed E-state index contributed by atoms with van der Waals surface area (Å²) in [5, 5.41) is 0.553. The molecule has 2 rings (SSSR count). The molecule has 0 radical (unpaired) electrons. The Labute approximate surface area is 128 Å². The van der Waals surface area contributed by atoms with Gasteiger partial charge in [-0.05, 0) is 49.2 Å². The van der Waals surface area contributed by atoms with E-state index in [1.54, 1.807) is 12.1 Å². The second kappa shape index (κ2) is 5.64. The molecule has 0 aliphatic carbocycles. The first-order chi connectivity index (χ1) is 9.29. The van der Waals surface area contributed by atoms with Gasteiger partial charge in [0.25, 0.3) is 10.0 Å². The van der Waals surface area contributed by atoms with Crippen molar-refractivity contribution in [3.63, 3.8) is 0 Å². The zero-order valence-electron chi connectivity index (χ0n) is 10.9. The molecule has 2 aromatic carbocycles. The molecule has 3 nitrogen and oxygen atoms in total. The van der Waals surface area contributed by atoms with Gasteiger partial charge in [0.05, 0.1) is 10.6 Å². The largest absolute Gasteiger partial charge is 0.279 e. The van der Waals surface area contributed by atoms with Gasteiger partial charge in [-0.2, -0.15) is 0 Å². The highest BCUT2D eigenvalue weighted by Gasteiger charge is 2.17. The molecule has 1 N–H and O–H groups in total. The van der Waals surface area contributed by atoms with Gasteiger partial charge in [0.2, 0.25) is 0 Å². The third-order valence-electron chi connectivity index (χ3n) is 3.00. The van der Waals surface area contributed by atoms with E-state index in [4.69, 9.17) is 23.2 Å². The summed E-state index contributed by atoms with van der Waals surface area (Å²) < 4.78 is 27.2. The van der Waals surface area contributed by atoms with Crippen LogP contribution < -0.4 is 4.72 Å². The fourth-order valence-electron chi connectivity index (χ4n) is 1.75. The van der Waals surface area contributed by atoms with Crippen molar-refractivity contribution in [2.75, 3.05) is 4.72 Å². The molecule has 20 heavy (non-hydrogen) atoms. The lowest BCUT2D eigenvalue weighted by molar-refractivity contribution is 0.601. The predicted molar refractivity (Wildman–Crippen MR) is 83.2 cm³/mol. The smallest absolute Gasteiger partial charge is 0.262 e. The summed E-state index contributed by atoms with van der Waals surface area (Å²) in [6, 6.07) is 9.64. The molecule has 0 aliphatic rings. The Morgan fingerprint density at radius 2 is 1.60 bits per heavy atom. The van der Waals surface area contributed by atoms with Gasteiger partial charge in [0.1, 0.15) is 0 Å². The van der Waals surface area contributed by atoms with E-state index in [1.807, 2.05) is 19.9 Å². The van der Waals surface area contributed by atoms with Gasteiger partial charge in [0.15, 0.2) is 0 Å². The van der Waals surface area contributed by atoms with Gasteiger partial charge >= 0.3 is 0 Å². The van der Waals surface area contributed by atoms with Crippen LogP contribution in [0.5, 0.6) is 0 Å². The number of sulfonamides is 1. The molecular weight excluding hydrogens is 317 g/mol. The van der Waals surface area contributed by atoms with Crippen LogP contribution in [0.2, 0.25) is 10.0 Å². The van der Waals surface area contributed by atoms with Gasteiger partial charge in [0, 0.05) is 10.0 Å². The Balaban J connectivity index is 2.43. The average Bonchev–Trinajstić information content (AvgIpc) is 2.33. The molecule has 0 spiro atoms. The predicted octanol–water partition coefficient (Wildman–Crippen LogP) is 4.41. The fourth-order valence-corrected chi connectivity index (χ4v) is 3.60. The van der Waals surface area contributed by atoms with E-state index in [9.17, 15) is 8.42 Å². The monoisotopic (exact) mass is 329 g/mol. The van der Waals surface area contributed by atoms with Crippen molar-refractivity contribution in [1.82, 2.24) is 0 Å². The molecule has 2 aromatic rings. The number of benzene rings is 2. The first-order valence-corrected chi connectivity index (χ1v) is 8.08. The zero-order valence-corrected chi connectivity index (χ0v) is 13.3. The molecule has 0 bridgehead atoms. The summed E-state index contributed by atoms with van der Waals surface area (Å²) in [7, 11) is -3.72. The van der Waals surface area contributed by atoms with Gasteiger partial charge in [-0.15, -0.1) is 0 Å². The van der Waals surface area contributed by atoms with Crippen molar-refractivity contribution >= 4 is 38.9 Å². The molecule has 6 heteroatoms. The van der Waals surface area contributed by atoms with Gasteiger partial charge in [-0.25, -0.2) is 8.42 Å². The number of anilines is 1. The van der Waals surface area contributed by atoms with Crippen molar-refractivity contribution in [3.05, 3.63) is 57.6 Å². The lowest BCUT2D eigenvalue weighted by Crippen LogP contribution is -2.14. The van der Waals surface area contributed by atoms with E-state index in [0.717, 1.165) is 11.1 Å². The van der Waals surface area contributed by atoms with Crippen LogP contribution in [0.15, 0.2) is 41.3 Å². The summed E-state index contributed by atoms with van der Waals surface area (Å²) in [6.45, 7) is 3.78. The molecule has 0 aromatic heterocycles. The number of hydrogen-bond donors (Lipinski definition) is 1. The highest BCUT2D eigenvalue weighted by Crippen LogP contribution is 2.26. The van der Waals surface area contributed by atoms with E-state index in [-0.39, 0.29) is 14.9 Å². The maximum Gasteiger partial charge on any atom is 0.262 e. The minimum absolute atomic E-state index is 0.0379. The minimum atomic E-state index is -3.72. The summed E-state index contributed by atoms with van der Waals surface area (Å²) in [6.07, 6.45) is 0. The maximum atomic E-state index is 12.3. The van der Waals surface area contributed by atoms with Gasteiger partial charge < -0.3 is 0 Å². The van der Waals surface area contributed by atoms with E-state index in [2.05, 4.69) is 4.72 Å². The highest BCUT2D eigenvalue weighted by molar-refractivity contribution is 7.92. The number of nitrogens with one attached hydrogen (secondary N) is 1. The third kappa shape index (κ3) is 3.26. The molecule has 0 atom stereocenters. The lowest BCUT2D eigenvalue weighted by Gasteiger charge is -2.12. The number of aryl methyl sites for hydroxylation is 1. The molecule has 0 fully saturated rings. The Morgan fingerprint density at radius 3 is 2.20 bits per heavy atom. The number of halogens is 2. The van der Waals surface area contributed by atoms with Crippen molar-refractivity contribution < 1.29 is 8.42 Å². The van der Waals surface area contributed by atoms with Crippen molar-refractivity contribution in [3.8, 4) is 0 Å². The third-order valence-corrected chi connectivity index (χ3v) is 4.78.